The first-order valence-electron chi connectivity index (χ1n) is 29.0. The molecule has 1 atom stereocenters. The van der Waals surface area contributed by atoms with Crippen molar-refractivity contribution in [2.75, 3.05) is 13.2 Å². The zero-order valence-electron chi connectivity index (χ0n) is 44.2. The van der Waals surface area contributed by atoms with Crippen LogP contribution in [0, 0.1) is 0 Å². The van der Waals surface area contributed by atoms with E-state index in [9.17, 15) is 14.4 Å². The third-order valence-corrected chi connectivity index (χ3v) is 12.9. The number of hydrogen-bond donors (Lipinski definition) is 0. The lowest BCUT2D eigenvalue weighted by atomic mass is 10.1. The van der Waals surface area contributed by atoms with Gasteiger partial charge in [-0.1, -0.05) is 250 Å². The number of unbranched alkanes of at least 4 members (excludes halogenated alkanes) is 36. The molecule has 386 valence electrons. The van der Waals surface area contributed by atoms with Crippen LogP contribution in [0.1, 0.15) is 310 Å². The van der Waals surface area contributed by atoms with E-state index in [1.165, 1.54) is 205 Å². The summed E-state index contributed by atoms with van der Waals surface area (Å²) in [6.07, 6.45) is 65.6. The minimum absolute atomic E-state index is 0.0719. The lowest BCUT2D eigenvalue weighted by molar-refractivity contribution is -0.167. The summed E-state index contributed by atoms with van der Waals surface area (Å²) in [7, 11) is 0. The van der Waals surface area contributed by atoms with E-state index < -0.39 is 6.10 Å². The van der Waals surface area contributed by atoms with Gasteiger partial charge in [-0.3, -0.25) is 14.4 Å². The molecule has 0 aromatic heterocycles. The third kappa shape index (κ3) is 52.6. The third-order valence-electron chi connectivity index (χ3n) is 12.9. The molecular weight excluding hydrogens is 817 g/mol. The van der Waals surface area contributed by atoms with E-state index in [0.717, 1.165) is 64.2 Å². The van der Waals surface area contributed by atoms with Crippen LogP contribution in [-0.2, 0) is 28.6 Å². The maximum Gasteiger partial charge on any atom is 0.306 e. The smallest absolute Gasteiger partial charge is 0.306 e. The van der Waals surface area contributed by atoms with Gasteiger partial charge in [0, 0.05) is 19.3 Å². The first-order valence-corrected chi connectivity index (χ1v) is 29.0. The molecule has 0 aliphatic rings. The standard InChI is InChI=1S/C60H110O6/c1-4-7-10-13-16-19-22-24-26-28-29-30-31-33-34-36-38-41-44-47-50-53-59(62)65-56-57(55-64-58(61)52-49-46-43-40-21-18-15-12-9-6-3)66-60(63)54-51-48-45-42-39-37-35-32-27-25-23-20-17-14-11-8-5-2/h22,24-25,27-29,57H,4-21,23,26,30-56H2,1-3H3/b24-22-,27-25-,29-28-. The van der Waals surface area contributed by atoms with Crippen molar-refractivity contribution >= 4 is 17.9 Å². The molecular formula is C60H110O6. The predicted molar refractivity (Wildman–Crippen MR) is 284 cm³/mol. The molecule has 0 aromatic carbocycles. The van der Waals surface area contributed by atoms with Crippen molar-refractivity contribution in [1.29, 1.82) is 0 Å². The quantitative estimate of drug-likeness (QED) is 0.0262. The molecule has 6 nitrogen and oxygen atoms in total. The maximum atomic E-state index is 12.8. The molecule has 66 heavy (non-hydrogen) atoms. The van der Waals surface area contributed by atoms with Crippen LogP contribution in [0.15, 0.2) is 36.5 Å². The molecule has 0 saturated carbocycles. The molecule has 0 spiro atoms. The predicted octanol–water partition coefficient (Wildman–Crippen LogP) is 19.3. The summed E-state index contributed by atoms with van der Waals surface area (Å²) < 4.78 is 16.8. The SMILES string of the molecule is CCCCCCC/C=C\C/C=C\CCCCCCCCCCCC(=O)OCC(COC(=O)CCCCCCCCCCCC)OC(=O)CCCCCCCCC/C=C\CCCCCCCC. The van der Waals surface area contributed by atoms with Crippen LogP contribution in [-0.4, -0.2) is 37.2 Å². The van der Waals surface area contributed by atoms with E-state index >= 15 is 0 Å². The van der Waals surface area contributed by atoms with Crippen molar-refractivity contribution < 1.29 is 28.6 Å². The fourth-order valence-electron chi connectivity index (χ4n) is 8.47. The molecule has 0 fully saturated rings. The molecule has 6 heteroatoms. The monoisotopic (exact) mass is 927 g/mol. The molecule has 1 unspecified atom stereocenters. The summed E-state index contributed by atoms with van der Waals surface area (Å²) in [5, 5.41) is 0. The van der Waals surface area contributed by atoms with Crippen molar-refractivity contribution in [2.45, 2.75) is 316 Å². The first-order chi connectivity index (χ1) is 32.5. The molecule has 0 bridgehead atoms. The van der Waals surface area contributed by atoms with Gasteiger partial charge in [-0.15, -0.1) is 0 Å². The van der Waals surface area contributed by atoms with Gasteiger partial charge < -0.3 is 14.2 Å². The normalized spacial score (nSPS) is 12.2. The van der Waals surface area contributed by atoms with Gasteiger partial charge >= 0.3 is 17.9 Å². The Morgan fingerprint density at radius 1 is 0.303 bits per heavy atom. The molecule has 0 saturated heterocycles. The summed E-state index contributed by atoms with van der Waals surface area (Å²) in [4.78, 5) is 38.1. The van der Waals surface area contributed by atoms with Crippen LogP contribution in [0.4, 0.5) is 0 Å². The van der Waals surface area contributed by atoms with Gasteiger partial charge in [0.05, 0.1) is 0 Å². The Bertz CT molecular complexity index is 1110. The van der Waals surface area contributed by atoms with Gasteiger partial charge in [0.25, 0.3) is 0 Å². The Morgan fingerprint density at radius 3 is 0.848 bits per heavy atom. The Hall–Kier alpha value is -2.37. The van der Waals surface area contributed by atoms with Crippen LogP contribution in [0.3, 0.4) is 0 Å². The fourth-order valence-corrected chi connectivity index (χ4v) is 8.47. The molecule has 0 heterocycles. The Labute approximate surface area is 410 Å². The number of carbonyl (C=O) groups is 3. The van der Waals surface area contributed by atoms with Crippen molar-refractivity contribution in [3.63, 3.8) is 0 Å². The summed E-state index contributed by atoms with van der Waals surface area (Å²) in [5.41, 5.74) is 0. The minimum atomic E-state index is -0.772. The zero-order valence-corrected chi connectivity index (χ0v) is 44.2. The number of ether oxygens (including phenoxy) is 3. The number of carbonyl (C=O) groups excluding carboxylic acids is 3. The largest absolute Gasteiger partial charge is 0.462 e. The highest BCUT2D eigenvalue weighted by atomic mass is 16.6. The topological polar surface area (TPSA) is 78.9 Å². The molecule has 0 aliphatic heterocycles. The van der Waals surface area contributed by atoms with E-state index in [1.54, 1.807) is 0 Å². The lowest BCUT2D eigenvalue weighted by Gasteiger charge is -2.18. The van der Waals surface area contributed by atoms with Crippen LogP contribution < -0.4 is 0 Å². The second kappa shape index (κ2) is 55.2. The molecule has 0 rings (SSSR count). The van der Waals surface area contributed by atoms with E-state index in [0.29, 0.717) is 19.3 Å². The number of hydrogen-bond acceptors (Lipinski definition) is 6. The van der Waals surface area contributed by atoms with Crippen LogP contribution in [0.5, 0.6) is 0 Å². The second-order valence-corrected chi connectivity index (χ2v) is 19.6. The van der Waals surface area contributed by atoms with Crippen LogP contribution in [0.25, 0.3) is 0 Å². The van der Waals surface area contributed by atoms with Gasteiger partial charge in [0.15, 0.2) is 6.10 Å². The zero-order chi connectivity index (χ0) is 47.9. The highest BCUT2D eigenvalue weighted by Gasteiger charge is 2.19. The second-order valence-electron chi connectivity index (χ2n) is 19.6. The van der Waals surface area contributed by atoms with Crippen LogP contribution in [0.2, 0.25) is 0 Å². The Kier molecular flexibility index (Phi) is 53.2. The van der Waals surface area contributed by atoms with Gasteiger partial charge in [-0.05, 0) is 77.0 Å². The Morgan fingerprint density at radius 2 is 0.545 bits per heavy atom. The van der Waals surface area contributed by atoms with E-state index in [2.05, 4.69) is 57.2 Å². The average molecular weight is 928 g/mol. The highest BCUT2D eigenvalue weighted by molar-refractivity contribution is 5.71. The summed E-state index contributed by atoms with van der Waals surface area (Å²) in [6, 6.07) is 0. The average Bonchev–Trinajstić information content (AvgIpc) is 3.31. The fraction of sp³-hybridized carbons (Fsp3) is 0.850. The van der Waals surface area contributed by atoms with Crippen LogP contribution >= 0.6 is 0 Å². The van der Waals surface area contributed by atoms with E-state index in [-0.39, 0.29) is 31.1 Å². The van der Waals surface area contributed by atoms with Crippen molar-refractivity contribution in [2.24, 2.45) is 0 Å². The number of allylic oxidation sites excluding steroid dienone is 6. The van der Waals surface area contributed by atoms with Gasteiger partial charge in [-0.25, -0.2) is 0 Å². The summed E-state index contributed by atoms with van der Waals surface area (Å²) >= 11 is 0. The molecule has 0 radical (unpaired) electrons. The summed E-state index contributed by atoms with van der Waals surface area (Å²) in [5.74, 6) is -0.867. The molecule has 0 aliphatic carbocycles. The lowest BCUT2D eigenvalue weighted by Crippen LogP contribution is -2.30. The van der Waals surface area contributed by atoms with E-state index in [4.69, 9.17) is 14.2 Å². The van der Waals surface area contributed by atoms with Gasteiger partial charge in [0.2, 0.25) is 0 Å². The number of esters is 3. The first kappa shape index (κ1) is 63.6. The number of rotatable bonds is 53. The molecule has 0 aromatic rings. The van der Waals surface area contributed by atoms with E-state index in [1.807, 2.05) is 0 Å². The molecule has 0 N–H and O–H groups in total. The van der Waals surface area contributed by atoms with Gasteiger partial charge in [0.1, 0.15) is 13.2 Å². The summed E-state index contributed by atoms with van der Waals surface area (Å²) in [6.45, 7) is 6.64. The molecule has 0 amide bonds. The Balaban J connectivity index is 4.28. The van der Waals surface area contributed by atoms with Crippen molar-refractivity contribution in [1.82, 2.24) is 0 Å². The van der Waals surface area contributed by atoms with Crippen molar-refractivity contribution in [3.05, 3.63) is 36.5 Å². The highest BCUT2D eigenvalue weighted by Crippen LogP contribution is 2.16. The van der Waals surface area contributed by atoms with Gasteiger partial charge in [-0.2, -0.15) is 0 Å². The minimum Gasteiger partial charge on any atom is -0.462 e. The maximum absolute atomic E-state index is 12.8. The van der Waals surface area contributed by atoms with Crippen molar-refractivity contribution in [3.8, 4) is 0 Å².